The summed E-state index contributed by atoms with van der Waals surface area (Å²) in [6.07, 6.45) is 0.386. The van der Waals surface area contributed by atoms with Crippen molar-refractivity contribution in [3.8, 4) is 0 Å². The zero-order valence-electron chi connectivity index (χ0n) is 16.6. The molecule has 29 heavy (non-hydrogen) atoms. The Kier molecular flexibility index (Phi) is 6.33. The van der Waals surface area contributed by atoms with Gasteiger partial charge in [0.15, 0.2) is 11.9 Å². The van der Waals surface area contributed by atoms with Crippen molar-refractivity contribution in [2.75, 3.05) is 18.4 Å². The minimum absolute atomic E-state index is 0.0606. The fourth-order valence-corrected chi connectivity index (χ4v) is 3.18. The van der Waals surface area contributed by atoms with Crippen molar-refractivity contribution in [2.24, 2.45) is 0 Å². The van der Waals surface area contributed by atoms with Gasteiger partial charge in [0.2, 0.25) is 0 Å². The Balaban J connectivity index is 1.56. The number of benzene rings is 1. The molecule has 3 rings (SSSR count). The van der Waals surface area contributed by atoms with Crippen LogP contribution in [-0.4, -0.2) is 54.1 Å². The van der Waals surface area contributed by atoms with Gasteiger partial charge in [0.25, 0.3) is 11.8 Å². The van der Waals surface area contributed by atoms with Crippen LogP contribution >= 0.6 is 0 Å². The molecular weight excluding hydrogens is 376 g/mol. The lowest BCUT2D eigenvalue weighted by atomic mass is 10.2. The van der Waals surface area contributed by atoms with E-state index < -0.39 is 18.0 Å². The molecule has 0 aliphatic carbocycles. The molecule has 3 atom stereocenters. The van der Waals surface area contributed by atoms with Crippen molar-refractivity contribution in [3.05, 3.63) is 54.0 Å². The number of hydrogen-bond donors (Lipinski definition) is 1. The molecule has 154 valence electrons. The van der Waals surface area contributed by atoms with Gasteiger partial charge < -0.3 is 24.1 Å². The van der Waals surface area contributed by atoms with Gasteiger partial charge in [-0.1, -0.05) is 0 Å². The number of amides is 2. The molecule has 0 spiro atoms. The molecule has 0 radical (unpaired) electrons. The van der Waals surface area contributed by atoms with Crippen LogP contribution in [0, 0.1) is 0 Å². The van der Waals surface area contributed by atoms with E-state index in [1.807, 2.05) is 13.8 Å². The molecule has 1 fully saturated rings. The first-order chi connectivity index (χ1) is 13.8. The van der Waals surface area contributed by atoms with E-state index in [1.165, 1.54) is 18.4 Å². The van der Waals surface area contributed by atoms with Gasteiger partial charge in [-0.25, -0.2) is 4.79 Å². The third-order valence-electron chi connectivity index (χ3n) is 4.49. The Labute approximate surface area is 168 Å². The number of carbonyl (C=O) groups is 3. The van der Waals surface area contributed by atoms with E-state index in [9.17, 15) is 14.4 Å². The second-order valence-corrected chi connectivity index (χ2v) is 7.06. The molecule has 8 nitrogen and oxygen atoms in total. The Morgan fingerprint density at radius 3 is 2.34 bits per heavy atom. The highest BCUT2D eigenvalue weighted by atomic mass is 16.5. The Hall–Kier alpha value is -3.13. The number of ether oxygens (including phenoxy) is 2. The maximum atomic E-state index is 12.6. The number of esters is 1. The van der Waals surface area contributed by atoms with Gasteiger partial charge in [0, 0.05) is 18.8 Å². The lowest BCUT2D eigenvalue weighted by Gasteiger charge is -2.36. The van der Waals surface area contributed by atoms with Crippen molar-refractivity contribution >= 4 is 23.5 Å². The average Bonchev–Trinajstić information content (AvgIpc) is 3.22. The predicted molar refractivity (Wildman–Crippen MR) is 105 cm³/mol. The van der Waals surface area contributed by atoms with Gasteiger partial charge in [-0.3, -0.25) is 9.59 Å². The van der Waals surface area contributed by atoms with E-state index in [0.717, 1.165) is 0 Å². The van der Waals surface area contributed by atoms with Gasteiger partial charge in [-0.2, -0.15) is 0 Å². The van der Waals surface area contributed by atoms with E-state index in [2.05, 4.69) is 5.32 Å². The highest BCUT2D eigenvalue weighted by molar-refractivity contribution is 6.02. The molecule has 3 unspecified atom stereocenters. The summed E-state index contributed by atoms with van der Waals surface area (Å²) in [5.41, 5.74) is 0.785. The van der Waals surface area contributed by atoms with Gasteiger partial charge in [-0.15, -0.1) is 0 Å². The first kappa shape index (κ1) is 20.6. The van der Waals surface area contributed by atoms with Gasteiger partial charge >= 0.3 is 5.97 Å². The summed E-state index contributed by atoms with van der Waals surface area (Å²) in [5.74, 6) is -1.06. The van der Waals surface area contributed by atoms with Gasteiger partial charge in [0.05, 0.1) is 24.0 Å². The third kappa shape index (κ3) is 5.23. The number of nitrogens with zero attached hydrogens (tertiary/aromatic N) is 1. The first-order valence-electron chi connectivity index (χ1n) is 9.43. The largest absolute Gasteiger partial charge is 0.459 e. The van der Waals surface area contributed by atoms with Crippen molar-refractivity contribution < 1.29 is 28.3 Å². The van der Waals surface area contributed by atoms with Crippen LogP contribution in [0.5, 0.6) is 0 Å². The summed E-state index contributed by atoms with van der Waals surface area (Å²) >= 11 is 0. The number of anilines is 1. The van der Waals surface area contributed by atoms with Crippen molar-refractivity contribution in [2.45, 2.75) is 39.1 Å². The predicted octanol–water partition coefficient (Wildman–Crippen LogP) is 2.71. The SMILES string of the molecule is CC1CN(C(=O)C(C)OC(=O)c2ccc(NC(=O)c3ccco3)cc2)CC(C)O1. The number of carbonyl (C=O) groups excluding carboxylic acids is 3. The second-order valence-electron chi connectivity index (χ2n) is 7.06. The molecule has 1 aliphatic rings. The zero-order valence-corrected chi connectivity index (χ0v) is 16.6. The molecule has 1 aliphatic heterocycles. The summed E-state index contributed by atoms with van der Waals surface area (Å²) in [7, 11) is 0. The summed E-state index contributed by atoms with van der Waals surface area (Å²) in [6.45, 7) is 6.30. The lowest BCUT2D eigenvalue weighted by molar-refractivity contribution is -0.151. The highest BCUT2D eigenvalue weighted by Crippen LogP contribution is 2.16. The molecule has 2 heterocycles. The van der Waals surface area contributed by atoms with E-state index >= 15 is 0 Å². The Morgan fingerprint density at radius 2 is 1.76 bits per heavy atom. The van der Waals surface area contributed by atoms with Crippen LogP contribution in [-0.2, 0) is 14.3 Å². The Morgan fingerprint density at radius 1 is 1.10 bits per heavy atom. The smallest absolute Gasteiger partial charge is 0.338 e. The molecule has 8 heteroatoms. The second kappa shape index (κ2) is 8.91. The molecule has 1 aromatic carbocycles. The molecule has 1 N–H and O–H groups in total. The number of furan rings is 1. The van der Waals surface area contributed by atoms with E-state index in [-0.39, 0.29) is 29.4 Å². The number of hydrogen-bond acceptors (Lipinski definition) is 6. The molecule has 2 amide bonds. The van der Waals surface area contributed by atoms with Crippen LogP contribution < -0.4 is 5.32 Å². The van der Waals surface area contributed by atoms with E-state index in [4.69, 9.17) is 13.9 Å². The first-order valence-corrected chi connectivity index (χ1v) is 9.43. The molecule has 0 bridgehead atoms. The van der Waals surface area contributed by atoms with Crippen molar-refractivity contribution in [1.82, 2.24) is 4.90 Å². The zero-order chi connectivity index (χ0) is 21.0. The standard InChI is InChI=1S/C21H24N2O6/c1-13-11-23(12-14(2)28-13)20(25)15(3)29-21(26)16-6-8-17(9-7-16)22-19(24)18-5-4-10-27-18/h4-10,13-15H,11-12H2,1-3H3,(H,22,24). The highest BCUT2D eigenvalue weighted by Gasteiger charge is 2.30. The Bertz CT molecular complexity index is 852. The molecular formula is C21H24N2O6. The number of morpholine rings is 1. The number of rotatable bonds is 5. The molecule has 1 saturated heterocycles. The number of nitrogens with one attached hydrogen (secondary N) is 1. The van der Waals surface area contributed by atoms with Crippen molar-refractivity contribution in [1.29, 1.82) is 0 Å². The lowest BCUT2D eigenvalue weighted by Crippen LogP contribution is -2.51. The average molecular weight is 400 g/mol. The van der Waals surface area contributed by atoms with Crippen molar-refractivity contribution in [3.63, 3.8) is 0 Å². The summed E-state index contributed by atoms with van der Waals surface area (Å²) < 4.78 is 16.0. The van der Waals surface area contributed by atoms with Crippen LogP contribution in [0.3, 0.4) is 0 Å². The minimum Gasteiger partial charge on any atom is -0.459 e. The van der Waals surface area contributed by atoms with E-state index in [1.54, 1.807) is 36.1 Å². The van der Waals surface area contributed by atoms with Crippen LogP contribution in [0.15, 0.2) is 47.1 Å². The third-order valence-corrected chi connectivity index (χ3v) is 4.49. The van der Waals surface area contributed by atoms with Gasteiger partial charge in [-0.05, 0) is 57.2 Å². The minimum atomic E-state index is -0.904. The fraction of sp³-hybridized carbons (Fsp3) is 0.381. The monoisotopic (exact) mass is 400 g/mol. The maximum Gasteiger partial charge on any atom is 0.338 e. The molecule has 1 aromatic heterocycles. The van der Waals surface area contributed by atoms with Gasteiger partial charge in [0.1, 0.15) is 0 Å². The van der Waals surface area contributed by atoms with Crippen LogP contribution in [0.2, 0.25) is 0 Å². The summed E-state index contributed by atoms with van der Waals surface area (Å²) in [6, 6.07) is 9.38. The van der Waals surface area contributed by atoms with Crippen LogP contribution in [0.1, 0.15) is 41.7 Å². The normalized spacial score (nSPS) is 20.0. The maximum absolute atomic E-state index is 12.6. The van der Waals surface area contributed by atoms with Crippen LogP contribution in [0.25, 0.3) is 0 Å². The fourth-order valence-electron chi connectivity index (χ4n) is 3.18. The van der Waals surface area contributed by atoms with E-state index in [0.29, 0.717) is 18.8 Å². The summed E-state index contributed by atoms with van der Waals surface area (Å²) in [5, 5.41) is 2.66. The molecule has 2 aromatic rings. The quantitative estimate of drug-likeness (QED) is 0.775. The van der Waals surface area contributed by atoms with Crippen LogP contribution in [0.4, 0.5) is 5.69 Å². The topological polar surface area (TPSA) is 98.1 Å². The molecule has 0 saturated carbocycles. The summed E-state index contributed by atoms with van der Waals surface area (Å²) in [4.78, 5) is 38.6.